The van der Waals surface area contributed by atoms with E-state index in [-0.39, 0.29) is 0 Å². The van der Waals surface area contributed by atoms with Crippen LogP contribution in [0.4, 0.5) is 0 Å². The molecule has 0 saturated heterocycles. The second kappa shape index (κ2) is 5.30. The molecule has 0 radical (unpaired) electrons. The predicted molar refractivity (Wildman–Crippen MR) is 65.8 cm³/mol. The minimum absolute atomic E-state index is 0.539. The van der Waals surface area contributed by atoms with Crippen LogP contribution in [0.25, 0.3) is 0 Å². The van der Waals surface area contributed by atoms with Gasteiger partial charge in [0.15, 0.2) is 0 Å². The van der Waals surface area contributed by atoms with E-state index >= 15 is 0 Å². The van der Waals surface area contributed by atoms with E-state index in [9.17, 15) is 0 Å². The monoisotopic (exact) mass is 253 g/mol. The van der Waals surface area contributed by atoms with E-state index in [2.05, 4.69) is 53.8 Å². The van der Waals surface area contributed by atoms with Crippen molar-refractivity contribution in [3.05, 3.63) is 34.3 Å². The van der Waals surface area contributed by atoms with E-state index in [0.29, 0.717) is 5.92 Å². The smallest absolute Gasteiger partial charge is 0.0650 e. The Morgan fingerprint density at radius 2 is 2.00 bits per heavy atom. The topological polar surface area (TPSA) is 12.4 Å². The lowest BCUT2D eigenvalue weighted by Crippen LogP contribution is -2.02. The normalized spacial score (nSPS) is 12.2. The largest absolute Gasteiger partial charge is 0.289 e. The summed E-state index contributed by atoms with van der Waals surface area (Å²) < 4.78 is 1.14. The summed E-state index contributed by atoms with van der Waals surface area (Å²) in [7, 11) is 0. The van der Waals surface area contributed by atoms with Crippen LogP contribution in [0.15, 0.2) is 33.7 Å². The molecule has 0 bridgehead atoms. The van der Waals surface area contributed by atoms with Crippen molar-refractivity contribution in [3.8, 4) is 0 Å². The molecule has 0 aromatic heterocycles. The predicted octanol–water partition coefficient (Wildman–Crippen LogP) is 4.07. The van der Waals surface area contributed by atoms with Crippen molar-refractivity contribution in [2.45, 2.75) is 27.3 Å². The van der Waals surface area contributed by atoms with Crippen LogP contribution in [0.5, 0.6) is 0 Å². The number of aliphatic imine (C=N–C) groups is 1. The van der Waals surface area contributed by atoms with Crippen molar-refractivity contribution >= 4 is 21.6 Å². The fourth-order valence-electron chi connectivity index (χ4n) is 1.02. The molecule has 0 amide bonds. The van der Waals surface area contributed by atoms with E-state index in [4.69, 9.17) is 0 Å². The van der Waals surface area contributed by atoms with Crippen LogP contribution in [-0.4, -0.2) is 5.71 Å². The van der Waals surface area contributed by atoms with Crippen molar-refractivity contribution in [1.82, 2.24) is 0 Å². The Morgan fingerprint density at radius 3 is 2.57 bits per heavy atom. The van der Waals surface area contributed by atoms with E-state index in [0.717, 1.165) is 11.0 Å². The maximum Gasteiger partial charge on any atom is 0.0650 e. The quantitative estimate of drug-likeness (QED) is 0.721. The SMILES string of the molecule is CC(=NCc1ccccc1Br)C(C)C. The van der Waals surface area contributed by atoms with Gasteiger partial charge in [0.2, 0.25) is 0 Å². The minimum Gasteiger partial charge on any atom is -0.289 e. The van der Waals surface area contributed by atoms with E-state index in [1.807, 2.05) is 12.1 Å². The highest BCUT2D eigenvalue weighted by Gasteiger charge is 1.99. The van der Waals surface area contributed by atoms with Gasteiger partial charge in [0, 0.05) is 10.2 Å². The van der Waals surface area contributed by atoms with Crippen LogP contribution < -0.4 is 0 Å². The van der Waals surface area contributed by atoms with Crippen LogP contribution in [-0.2, 0) is 6.54 Å². The van der Waals surface area contributed by atoms with Gasteiger partial charge < -0.3 is 0 Å². The molecule has 0 aliphatic carbocycles. The van der Waals surface area contributed by atoms with Crippen molar-refractivity contribution < 1.29 is 0 Å². The van der Waals surface area contributed by atoms with Crippen LogP contribution in [0.3, 0.4) is 0 Å². The van der Waals surface area contributed by atoms with Crippen LogP contribution in [0.1, 0.15) is 26.3 Å². The summed E-state index contributed by atoms with van der Waals surface area (Å²) in [5.41, 5.74) is 2.45. The van der Waals surface area contributed by atoms with Crippen molar-refractivity contribution in [2.24, 2.45) is 10.9 Å². The summed E-state index contributed by atoms with van der Waals surface area (Å²) >= 11 is 3.51. The molecule has 1 rings (SSSR count). The zero-order valence-electron chi connectivity index (χ0n) is 8.92. The zero-order valence-corrected chi connectivity index (χ0v) is 10.5. The Hall–Kier alpha value is -0.630. The van der Waals surface area contributed by atoms with E-state index < -0.39 is 0 Å². The lowest BCUT2D eigenvalue weighted by atomic mass is 10.1. The van der Waals surface area contributed by atoms with Gasteiger partial charge in [-0.1, -0.05) is 48.0 Å². The molecule has 0 aliphatic heterocycles. The second-order valence-corrected chi connectivity index (χ2v) is 4.56. The third-order valence-corrected chi connectivity index (χ3v) is 3.07. The average Bonchev–Trinajstić information content (AvgIpc) is 2.16. The molecule has 1 aromatic rings. The fourth-order valence-corrected chi connectivity index (χ4v) is 1.43. The number of benzene rings is 1. The standard InChI is InChI=1S/C12H16BrN/c1-9(2)10(3)14-8-11-6-4-5-7-12(11)13/h4-7,9H,8H2,1-3H3. The number of nitrogens with zero attached hydrogens (tertiary/aromatic N) is 1. The molecule has 1 aromatic carbocycles. The molecule has 0 heterocycles. The highest BCUT2D eigenvalue weighted by atomic mass is 79.9. The number of rotatable bonds is 3. The first kappa shape index (κ1) is 11.4. The molecule has 0 saturated carbocycles. The maximum atomic E-state index is 4.54. The van der Waals surface area contributed by atoms with Gasteiger partial charge in [0.1, 0.15) is 0 Å². The molecule has 1 nitrogen and oxygen atoms in total. The van der Waals surface area contributed by atoms with Gasteiger partial charge >= 0.3 is 0 Å². The second-order valence-electron chi connectivity index (χ2n) is 3.70. The summed E-state index contributed by atoms with van der Waals surface area (Å²) in [6.45, 7) is 7.19. The Morgan fingerprint density at radius 1 is 1.36 bits per heavy atom. The van der Waals surface area contributed by atoms with Crippen LogP contribution >= 0.6 is 15.9 Å². The molecule has 0 aliphatic rings. The van der Waals surface area contributed by atoms with Gasteiger partial charge in [-0.2, -0.15) is 0 Å². The van der Waals surface area contributed by atoms with Gasteiger partial charge in [-0.25, -0.2) is 0 Å². The summed E-state index contributed by atoms with van der Waals surface area (Å²) in [5, 5.41) is 0. The average molecular weight is 254 g/mol. The van der Waals surface area contributed by atoms with E-state index in [1.165, 1.54) is 11.3 Å². The first-order valence-electron chi connectivity index (χ1n) is 4.85. The molecular formula is C12H16BrN. The van der Waals surface area contributed by atoms with Crippen LogP contribution in [0, 0.1) is 5.92 Å². The summed E-state index contributed by atoms with van der Waals surface area (Å²) in [6.07, 6.45) is 0. The summed E-state index contributed by atoms with van der Waals surface area (Å²) in [6, 6.07) is 8.21. The third kappa shape index (κ3) is 3.26. The molecule has 0 N–H and O–H groups in total. The van der Waals surface area contributed by atoms with Gasteiger partial charge in [-0.3, -0.25) is 4.99 Å². The third-order valence-electron chi connectivity index (χ3n) is 2.29. The number of hydrogen-bond donors (Lipinski definition) is 0. The number of hydrogen-bond acceptors (Lipinski definition) is 1. The number of halogens is 1. The highest BCUT2D eigenvalue weighted by molar-refractivity contribution is 9.10. The van der Waals surface area contributed by atoms with E-state index in [1.54, 1.807) is 0 Å². The summed E-state index contributed by atoms with van der Waals surface area (Å²) in [4.78, 5) is 4.54. The lowest BCUT2D eigenvalue weighted by Gasteiger charge is -2.05. The van der Waals surface area contributed by atoms with Crippen molar-refractivity contribution in [3.63, 3.8) is 0 Å². The lowest BCUT2D eigenvalue weighted by molar-refractivity contribution is 0.860. The zero-order chi connectivity index (χ0) is 10.6. The van der Waals surface area contributed by atoms with Gasteiger partial charge in [-0.15, -0.1) is 0 Å². The Kier molecular flexibility index (Phi) is 4.33. The van der Waals surface area contributed by atoms with Gasteiger partial charge in [-0.05, 0) is 24.5 Å². The van der Waals surface area contributed by atoms with Crippen molar-refractivity contribution in [1.29, 1.82) is 0 Å². The molecule has 0 atom stereocenters. The molecular weight excluding hydrogens is 238 g/mol. The minimum atomic E-state index is 0.539. The molecule has 0 fully saturated rings. The van der Waals surface area contributed by atoms with Crippen LogP contribution in [0.2, 0.25) is 0 Å². The summed E-state index contributed by atoms with van der Waals surface area (Å²) in [5.74, 6) is 0.539. The first-order valence-corrected chi connectivity index (χ1v) is 5.65. The molecule has 0 spiro atoms. The maximum absolute atomic E-state index is 4.54. The Labute approximate surface area is 94.4 Å². The highest BCUT2D eigenvalue weighted by Crippen LogP contribution is 2.16. The Balaban J connectivity index is 2.71. The van der Waals surface area contributed by atoms with Crippen molar-refractivity contribution in [2.75, 3.05) is 0 Å². The molecule has 2 heteroatoms. The Bertz CT molecular complexity index is 329. The van der Waals surface area contributed by atoms with Gasteiger partial charge in [0.05, 0.1) is 6.54 Å². The fraction of sp³-hybridized carbons (Fsp3) is 0.417. The molecule has 14 heavy (non-hydrogen) atoms. The molecule has 0 unspecified atom stereocenters. The molecule has 76 valence electrons. The first-order chi connectivity index (χ1) is 6.61. The van der Waals surface area contributed by atoms with Gasteiger partial charge in [0.25, 0.3) is 0 Å².